The van der Waals surface area contributed by atoms with E-state index in [0.717, 1.165) is 15.6 Å². The van der Waals surface area contributed by atoms with Crippen LogP contribution in [0.2, 0.25) is 0 Å². The maximum Gasteiger partial charge on any atom is 0.230 e. The number of thioether (sulfide) groups is 1. The Bertz CT molecular complexity index is 498. The van der Waals surface area contributed by atoms with Gasteiger partial charge in [0.25, 0.3) is 0 Å². The van der Waals surface area contributed by atoms with Gasteiger partial charge in [0.05, 0.1) is 11.4 Å². The monoisotopic (exact) mass is 265 g/mol. The van der Waals surface area contributed by atoms with Gasteiger partial charge >= 0.3 is 0 Å². The molecule has 0 fully saturated rings. The number of nitrogens with zero attached hydrogens (tertiary/aromatic N) is 2. The van der Waals surface area contributed by atoms with E-state index in [9.17, 15) is 4.79 Å². The first kappa shape index (κ1) is 12.1. The SMILES string of the molecule is CNC(=O)CSc1nc(-c2ccncc2)cs1. The molecule has 2 aromatic rings. The summed E-state index contributed by atoms with van der Waals surface area (Å²) in [5.74, 6) is 0.412. The summed E-state index contributed by atoms with van der Waals surface area (Å²) in [5.41, 5.74) is 1.97. The van der Waals surface area contributed by atoms with Gasteiger partial charge in [-0.05, 0) is 12.1 Å². The maximum absolute atomic E-state index is 11.1. The molecule has 0 aliphatic rings. The second-order valence-electron chi connectivity index (χ2n) is 3.20. The number of carbonyl (C=O) groups excluding carboxylic acids is 1. The number of hydrogen-bond acceptors (Lipinski definition) is 5. The van der Waals surface area contributed by atoms with Crippen LogP contribution in [0.4, 0.5) is 0 Å². The molecule has 1 N–H and O–H groups in total. The smallest absolute Gasteiger partial charge is 0.230 e. The minimum atomic E-state index is 0.00987. The number of amides is 1. The molecule has 0 aliphatic carbocycles. The lowest BCUT2D eigenvalue weighted by Crippen LogP contribution is -2.19. The predicted molar refractivity (Wildman–Crippen MR) is 70.1 cm³/mol. The quantitative estimate of drug-likeness (QED) is 0.860. The third-order valence-corrected chi connectivity index (χ3v) is 4.09. The zero-order valence-electron chi connectivity index (χ0n) is 9.21. The van der Waals surface area contributed by atoms with Crippen molar-refractivity contribution in [1.82, 2.24) is 15.3 Å². The van der Waals surface area contributed by atoms with E-state index in [1.807, 2.05) is 17.5 Å². The van der Waals surface area contributed by atoms with Gasteiger partial charge in [-0.3, -0.25) is 9.78 Å². The van der Waals surface area contributed by atoms with Crippen molar-refractivity contribution in [2.75, 3.05) is 12.8 Å². The largest absolute Gasteiger partial charge is 0.358 e. The Morgan fingerprint density at radius 1 is 1.47 bits per heavy atom. The number of pyridine rings is 1. The van der Waals surface area contributed by atoms with Crippen molar-refractivity contribution < 1.29 is 4.79 Å². The van der Waals surface area contributed by atoms with Crippen LogP contribution in [0.15, 0.2) is 34.2 Å². The maximum atomic E-state index is 11.1. The third-order valence-electron chi connectivity index (χ3n) is 2.06. The van der Waals surface area contributed by atoms with E-state index in [1.165, 1.54) is 11.8 Å². The van der Waals surface area contributed by atoms with Crippen LogP contribution >= 0.6 is 23.1 Å². The van der Waals surface area contributed by atoms with E-state index < -0.39 is 0 Å². The lowest BCUT2D eigenvalue weighted by Gasteiger charge is -1.96. The van der Waals surface area contributed by atoms with Crippen LogP contribution in [0.1, 0.15) is 0 Å². The normalized spacial score (nSPS) is 10.2. The molecule has 0 spiro atoms. The molecule has 0 saturated carbocycles. The number of hydrogen-bond donors (Lipinski definition) is 1. The molecule has 0 aromatic carbocycles. The number of nitrogens with one attached hydrogen (secondary N) is 1. The van der Waals surface area contributed by atoms with Crippen molar-refractivity contribution in [2.45, 2.75) is 4.34 Å². The van der Waals surface area contributed by atoms with Gasteiger partial charge in [-0.25, -0.2) is 4.98 Å². The minimum Gasteiger partial charge on any atom is -0.358 e. The number of rotatable bonds is 4. The molecule has 2 aromatic heterocycles. The number of aromatic nitrogens is 2. The predicted octanol–water partition coefficient (Wildman–Crippen LogP) is 2.04. The standard InChI is InChI=1S/C11H11N3OS2/c1-12-10(15)7-17-11-14-9(6-16-11)8-2-4-13-5-3-8/h2-6H,7H2,1H3,(H,12,15). The molecule has 0 bridgehead atoms. The Hall–Kier alpha value is -1.40. The van der Waals surface area contributed by atoms with Gasteiger partial charge in [-0.2, -0.15) is 0 Å². The van der Waals surface area contributed by atoms with Gasteiger partial charge < -0.3 is 5.32 Å². The molecule has 17 heavy (non-hydrogen) atoms. The fraction of sp³-hybridized carbons (Fsp3) is 0.182. The highest BCUT2D eigenvalue weighted by Crippen LogP contribution is 2.27. The van der Waals surface area contributed by atoms with Crippen LogP contribution in [-0.2, 0) is 4.79 Å². The first-order valence-corrected chi connectivity index (χ1v) is 6.85. The molecular formula is C11H11N3OS2. The van der Waals surface area contributed by atoms with Crippen molar-refractivity contribution >= 4 is 29.0 Å². The van der Waals surface area contributed by atoms with Gasteiger partial charge in [0, 0.05) is 30.4 Å². The van der Waals surface area contributed by atoms with Crippen molar-refractivity contribution in [1.29, 1.82) is 0 Å². The first-order chi connectivity index (χ1) is 8.29. The minimum absolute atomic E-state index is 0.00987. The summed E-state index contributed by atoms with van der Waals surface area (Å²) < 4.78 is 0.903. The summed E-state index contributed by atoms with van der Waals surface area (Å²) in [5, 5.41) is 4.57. The van der Waals surface area contributed by atoms with Gasteiger partial charge in [0.1, 0.15) is 0 Å². The summed E-state index contributed by atoms with van der Waals surface area (Å²) in [6.45, 7) is 0. The van der Waals surface area contributed by atoms with Crippen LogP contribution in [-0.4, -0.2) is 28.7 Å². The van der Waals surface area contributed by atoms with Gasteiger partial charge in [-0.15, -0.1) is 11.3 Å². The zero-order valence-corrected chi connectivity index (χ0v) is 10.8. The Morgan fingerprint density at radius 2 is 2.24 bits per heavy atom. The van der Waals surface area contributed by atoms with Crippen LogP contribution in [0, 0.1) is 0 Å². The third kappa shape index (κ3) is 3.28. The summed E-state index contributed by atoms with van der Waals surface area (Å²) in [6.07, 6.45) is 3.48. The van der Waals surface area contributed by atoms with E-state index in [4.69, 9.17) is 0 Å². The van der Waals surface area contributed by atoms with E-state index in [1.54, 1.807) is 30.8 Å². The molecule has 0 atom stereocenters. The highest BCUT2D eigenvalue weighted by molar-refractivity contribution is 8.01. The average molecular weight is 265 g/mol. The van der Waals surface area contributed by atoms with Crippen LogP contribution in [0.25, 0.3) is 11.3 Å². The highest BCUT2D eigenvalue weighted by Gasteiger charge is 2.06. The van der Waals surface area contributed by atoms with E-state index in [2.05, 4.69) is 15.3 Å². The molecule has 0 radical (unpaired) electrons. The summed E-state index contributed by atoms with van der Waals surface area (Å²) in [6, 6.07) is 3.84. The topological polar surface area (TPSA) is 54.9 Å². The second kappa shape index (κ2) is 5.79. The van der Waals surface area contributed by atoms with Crippen molar-refractivity contribution in [3.63, 3.8) is 0 Å². The van der Waals surface area contributed by atoms with E-state index in [-0.39, 0.29) is 5.91 Å². The molecule has 0 unspecified atom stereocenters. The second-order valence-corrected chi connectivity index (χ2v) is 5.28. The highest BCUT2D eigenvalue weighted by atomic mass is 32.2. The molecule has 6 heteroatoms. The van der Waals surface area contributed by atoms with Crippen molar-refractivity contribution in [3.8, 4) is 11.3 Å². The Balaban J connectivity index is 2.04. The molecule has 0 saturated heterocycles. The lowest BCUT2D eigenvalue weighted by atomic mass is 10.2. The van der Waals surface area contributed by atoms with Gasteiger partial charge in [0.15, 0.2) is 4.34 Å². The summed E-state index contributed by atoms with van der Waals surface area (Å²) in [7, 11) is 1.63. The van der Waals surface area contributed by atoms with Crippen molar-refractivity contribution in [3.05, 3.63) is 29.9 Å². The van der Waals surface area contributed by atoms with Gasteiger partial charge in [0.2, 0.25) is 5.91 Å². The molecule has 88 valence electrons. The number of thiazole rings is 1. The van der Waals surface area contributed by atoms with Crippen LogP contribution in [0.5, 0.6) is 0 Å². The lowest BCUT2D eigenvalue weighted by molar-refractivity contribution is -0.118. The Kier molecular flexibility index (Phi) is 4.11. The summed E-state index contributed by atoms with van der Waals surface area (Å²) in [4.78, 5) is 19.5. The van der Waals surface area contributed by atoms with Crippen molar-refractivity contribution in [2.24, 2.45) is 0 Å². The number of carbonyl (C=O) groups is 1. The van der Waals surface area contributed by atoms with Crippen LogP contribution in [0.3, 0.4) is 0 Å². The first-order valence-electron chi connectivity index (χ1n) is 4.99. The molecule has 2 heterocycles. The Labute approximate surface area is 107 Å². The van der Waals surface area contributed by atoms with E-state index >= 15 is 0 Å². The Morgan fingerprint density at radius 3 is 2.94 bits per heavy atom. The molecule has 2 rings (SSSR count). The molecule has 4 nitrogen and oxygen atoms in total. The fourth-order valence-corrected chi connectivity index (χ4v) is 2.89. The molecular weight excluding hydrogens is 254 g/mol. The molecule has 0 aliphatic heterocycles. The molecule has 1 amide bonds. The average Bonchev–Trinajstić information content (AvgIpc) is 2.86. The van der Waals surface area contributed by atoms with Crippen LogP contribution < -0.4 is 5.32 Å². The summed E-state index contributed by atoms with van der Waals surface area (Å²) >= 11 is 3.00. The van der Waals surface area contributed by atoms with E-state index in [0.29, 0.717) is 5.75 Å². The zero-order chi connectivity index (χ0) is 12.1. The fourth-order valence-electron chi connectivity index (χ4n) is 1.18. The van der Waals surface area contributed by atoms with Gasteiger partial charge in [-0.1, -0.05) is 11.8 Å².